The molecule has 3 nitrogen and oxygen atoms in total. The number of aryl methyl sites for hydroxylation is 1. The van der Waals surface area contributed by atoms with Gasteiger partial charge in [0.1, 0.15) is 0 Å². The van der Waals surface area contributed by atoms with Crippen molar-refractivity contribution >= 4 is 0 Å². The molecule has 0 spiro atoms. The van der Waals surface area contributed by atoms with Gasteiger partial charge in [-0.3, -0.25) is 4.98 Å². The van der Waals surface area contributed by atoms with Crippen molar-refractivity contribution < 1.29 is 13.2 Å². The fourth-order valence-electron chi connectivity index (χ4n) is 2.12. The molecule has 0 N–H and O–H groups in total. The molecule has 0 unspecified atom stereocenters. The molecular formula is C16H12F3N3. The lowest BCUT2D eigenvalue weighted by Gasteiger charge is -2.07. The van der Waals surface area contributed by atoms with Gasteiger partial charge in [-0.2, -0.15) is 18.3 Å². The van der Waals surface area contributed by atoms with Gasteiger partial charge >= 0.3 is 6.18 Å². The predicted molar refractivity (Wildman–Crippen MR) is 76.5 cm³/mol. The largest absolute Gasteiger partial charge is 0.435 e. The molecular weight excluding hydrogens is 291 g/mol. The molecule has 0 radical (unpaired) electrons. The summed E-state index contributed by atoms with van der Waals surface area (Å²) in [5.41, 5.74) is 1.59. The van der Waals surface area contributed by atoms with Gasteiger partial charge in [0.2, 0.25) is 0 Å². The molecule has 1 aromatic carbocycles. The molecule has 0 aliphatic carbocycles. The average molecular weight is 303 g/mol. The van der Waals surface area contributed by atoms with Gasteiger partial charge in [-0.05, 0) is 37.3 Å². The van der Waals surface area contributed by atoms with Crippen LogP contribution in [0.3, 0.4) is 0 Å². The highest BCUT2D eigenvalue weighted by Crippen LogP contribution is 2.32. The molecule has 0 atom stereocenters. The van der Waals surface area contributed by atoms with E-state index >= 15 is 0 Å². The summed E-state index contributed by atoms with van der Waals surface area (Å²) in [4.78, 5) is 3.96. The van der Waals surface area contributed by atoms with E-state index in [9.17, 15) is 13.2 Å². The van der Waals surface area contributed by atoms with Crippen molar-refractivity contribution in [2.75, 3.05) is 0 Å². The summed E-state index contributed by atoms with van der Waals surface area (Å²) in [6, 6.07) is 11.6. The Bertz CT molecular complexity index is 775. The number of alkyl halides is 3. The van der Waals surface area contributed by atoms with E-state index in [0.717, 1.165) is 11.6 Å². The minimum atomic E-state index is -4.49. The Hall–Kier alpha value is -2.63. The van der Waals surface area contributed by atoms with Gasteiger partial charge in [-0.1, -0.05) is 17.7 Å². The third kappa shape index (κ3) is 2.72. The highest BCUT2D eigenvalue weighted by atomic mass is 19.4. The predicted octanol–water partition coefficient (Wildman–Crippen LogP) is 4.26. The molecule has 2 aromatic heterocycles. The van der Waals surface area contributed by atoms with Crippen LogP contribution in [0.25, 0.3) is 16.9 Å². The fraction of sp³-hybridized carbons (Fsp3) is 0.125. The van der Waals surface area contributed by atoms with Gasteiger partial charge in [-0.25, -0.2) is 4.68 Å². The summed E-state index contributed by atoms with van der Waals surface area (Å²) in [6.45, 7) is 1.91. The monoisotopic (exact) mass is 303 g/mol. The van der Waals surface area contributed by atoms with Crippen molar-refractivity contribution in [3.8, 4) is 16.9 Å². The summed E-state index contributed by atoms with van der Waals surface area (Å²) in [5, 5.41) is 3.72. The Morgan fingerprint density at radius 1 is 1.05 bits per heavy atom. The first-order valence-corrected chi connectivity index (χ1v) is 6.60. The summed E-state index contributed by atoms with van der Waals surface area (Å²) in [7, 11) is 0. The minimum Gasteiger partial charge on any atom is -0.264 e. The second-order valence-corrected chi connectivity index (χ2v) is 4.90. The van der Waals surface area contributed by atoms with Crippen LogP contribution in [-0.2, 0) is 6.18 Å². The van der Waals surface area contributed by atoms with Gasteiger partial charge in [0.25, 0.3) is 0 Å². The smallest absolute Gasteiger partial charge is 0.264 e. The molecule has 2 heterocycles. The normalized spacial score (nSPS) is 11.6. The number of hydrogen-bond donors (Lipinski definition) is 0. The first kappa shape index (κ1) is 14.3. The molecule has 6 heteroatoms. The van der Waals surface area contributed by atoms with E-state index in [2.05, 4.69) is 10.1 Å². The molecule has 22 heavy (non-hydrogen) atoms. The second-order valence-electron chi connectivity index (χ2n) is 4.90. The lowest BCUT2D eigenvalue weighted by atomic mass is 10.2. The van der Waals surface area contributed by atoms with E-state index in [1.807, 2.05) is 19.1 Å². The number of aromatic nitrogens is 3. The number of rotatable bonds is 2. The van der Waals surface area contributed by atoms with Gasteiger partial charge < -0.3 is 0 Å². The standard InChI is InChI=1S/C16H12F3N3/c1-11-4-6-13(7-5-11)22-14(12-3-2-8-20-10-12)9-15(21-22)16(17,18)19/h2-10H,1H3. The van der Waals surface area contributed by atoms with Crippen LogP contribution in [0, 0.1) is 6.92 Å². The van der Waals surface area contributed by atoms with Gasteiger partial charge in [0, 0.05) is 18.0 Å². The van der Waals surface area contributed by atoms with Crippen LogP contribution in [0.1, 0.15) is 11.3 Å². The first-order valence-electron chi connectivity index (χ1n) is 6.60. The Morgan fingerprint density at radius 2 is 1.77 bits per heavy atom. The van der Waals surface area contributed by atoms with Crippen molar-refractivity contribution in [2.24, 2.45) is 0 Å². The second kappa shape index (κ2) is 5.29. The maximum atomic E-state index is 13.0. The van der Waals surface area contributed by atoms with Crippen LogP contribution >= 0.6 is 0 Å². The van der Waals surface area contributed by atoms with Gasteiger partial charge in [-0.15, -0.1) is 0 Å². The van der Waals surface area contributed by atoms with E-state index in [1.54, 1.807) is 30.5 Å². The topological polar surface area (TPSA) is 30.7 Å². The number of hydrogen-bond acceptors (Lipinski definition) is 2. The van der Waals surface area contributed by atoms with Crippen molar-refractivity contribution in [2.45, 2.75) is 13.1 Å². The number of halogens is 3. The Morgan fingerprint density at radius 3 is 2.36 bits per heavy atom. The lowest BCUT2D eigenvalue weighted by molar-refractivity contribution is -0.141. The number of benzene rings is 1. The number of nitrogens with zero attached hydrogens (tertiary/aromatic N) is 3. The molecule has 3 rings (SSSR count). The van der Waals surface area contributed by atoms with Gasteiger partial charge in [0.15, 0.2) is 5.69 Å². The molecule has 112 valence electrons. The van der Waals surface area contributed by atoms with Crippen LogP contribution < -0.4 is 0 Å². The van der Waals surface area contributed by atoms with Crippen LogP contribution in [0.5, 0.6) is 0 Å². The van der Waals surface area contributed by atoms with E-state index in [4.69, 9.17) is 0 Å². The fourth-order valence-corrected chi connectivity index (χ4v) is 2.12. The highest BCUT2D eigenvalue weighted by molar-refractivity contribution is 5.61. The Balaban J connectivity index is 2.19. The molecule has 3 aromatic rings. The molecule has 0 bridgehead atoms. The number of pyridine rings is 1. The summed E-state index contributed by atoms with van der Waals surface area (Å²) >= 11 is 0. The van der Waals surface area contributed by atoms with E-state index < -0.39 is 11.9 Å². The van der Waals surface area contributed by atoms with Gasteiger partial charge in [0.05, 0.1) is 11.4 Å². The zero-order chi connectivity index (χ0) is 15.7. The summed E-state index contributed by atoms with van der Waals surface area (Å²) in [6.07, 6.45) is -1.41. The van der Waals surface area contributed by atoms with Crippen LogP contribution in [0.4, 0.5) is 13.2 Å². The maximum absolute atomic E-state index is 13.0. The zero-order valence-electron chi connectivity index (χ0n) is 11.7. The van der Waals surface area contributed by atoms with Crippen LogP contribution in [0.2, 0.25) is 0 Å². The molecule has 0 aliphatic rings. The summed E-state index contributed by atoms with van der Waals surface area (Å²) in [5.74, 6) is 0. The SMILES string of the molecule is Cc1ccc(-n2nc(C(F)(F)F)cc2-c2cccnc2)cc1. The quantitative estimate of drug-likeness (QED) is 0.708. The maximum Gasteiger partial charge on any atom is 0.435 e. The average Bonchev–Trinajstić information content (AvgIpc) is 2.94. The third-order valence-electron chi connectivity index (χ3n) is 3.24. The lowest BCUT2D eigenvalue weighted by Crippen LogP contribution is -2.07. The molecule has 0 aliphatic heterocycles. The third-order valence-corrected chi connectivity index (χ3v) is 3.24. The summed E-state index contributed by atoms with van der Waals surface area (Å²) < 4.78 is 40.2. The van der Waals surface area contributed by atoms with Crippen molar-refractivity contribution in [1.82, 2.24) is 14.8 Å². The Kier molecular flexibility index (Phi) is 3.44. The van der Waals surface area contributed by atoms with E-state index in [1.165, 1.54) is 10.9 Å². The highest BCUT2D eigenvalue weighted by Gasteiger charge is 2.35. The molecule has 0 amide bonds. The first-order chi connectivity index (χ1) is 10.4. The van der Waals surface area contributed by atoms with E-state index in [-0.39, 0.29) is 0 Å². The van der Waals surface area contributed by atoms with Crippen LogP contribution in [-0.4, -0.2) is 14.8 Å². The molecule has 0 saturated heterocycles. The van der Waals surface area contributed by atoms with Crippen molar-refractivity contribution in [3.05, 3.63) is 66.1 Å². The zero-order valence-corrected chi connectivity index (χ0v) is 11.7. The van der Waals surface area contributed by atoms with Crippen molar-refractivity contribution in [3.63, 3.8) is 0 Å². The Labute approximate surface area is 125 Å². The minimum absolute atomic E-state index is 0.351. The van der Waals surface area contributed by atoms with Crippen molar-refractivity contribution in [1.29, 1.82) is 0 Å². The molecule has 0 saturated carbocycles. The van der Waals surface area contributed by atoms with E-state index in [0.29, 0.717) is 16.9 Å². The van der Waals surface area contributed by atoms with Crippen LogP contribution in [0.15, 0.2) is 54.9 Å². The molecule has 0 fully saturated rings.